The molecular weight excluding hydrogens is 242 g/mol. The van der Waals surface area contributed by atoms with Crippen LogP contribution in [0.4, 0.5) is 5.69 Å². The zero-order valence-corrected chi connectivity index (χ0v) is 10.9. The van der Waals surface area contributed by atoms with Gasteiger partial charge in [-0.1, -0.05) is 6.07 Å². The SMILES string of the molecule is CCOC1CC(Nc2cccc(-n3cnnn3)c2)C1. The lowest BCUT2D eigenvalue weighted by molar-refractivity contribution is 0.00299. The number of tetrazole rings is 1. The first-order valence-electron chi connectivity index (χ1n) is 6.56. The average molecular weight is 259 g/mol. The number of aromatic nitrogens is 4. The highest BCUT2D eigenvalue weighted by atomic mass is 16.5. The van der Waals surface area contributed by atoms with E-state index >= 15 is 0 Å². The number of nitrogens with zero attached hydrogens (tertiary/aromatic N) is 4. The van der Waals surface area contributed by atoms with Crippen LogP contribution in [0.2, 0.25) is 0 Å². The molecule has 0 saturated heterocycles. The van der Waals surface area contributed by atoms with Gasteiger partial charge in [-0.05, 0) is 48.4 Å². The molecule has 0 unspecified atom stereocenters. The van der Waals surface area contributed by atoms with Gasteiger partial charge < -0.3 is 10.1 Å². The van der Waals surface area contributed by atoms with Gasteiger partial charge in [0, 0.05) is 18.3 Å². The Labute approximate surface area is 111 Å². The average Bonchev–Trinajstić information content (AvgIpc) is 2.91. The zero-order valence-electron chi connectivity index (χ0n) is 10.9. The summed E-state index contributed by atoms with van der Waals surface area (Å²) in [5.41, 5.74) is 2.05. The van der Waals surface area contributed by atoms with Crippen molar-refractivity contribution in [3.05, 3.63) is 30.6 Å². The molecule has 100 valence electrons. The van der Waals surface area contributed by atoms with Gasteiger partial charge in [0.15, 0.2) is 0 Å². The molecule has 1 aromatic carbocycles. The maximum Gasteiger partial charge on any atom is 0.143 e. The lowest BCUT2D eigenvalue weighted by Crippen LogP contribution is -2.40. The maximum absolute atomic E-state index is 5.56. The Morgan fingerprint density at radius 1 is 1.42 bits per heavy atom. The summed E-state index contributed by atoms with van der Waals surface area (Å²) in [6.45, 7) is 2.84. The van der Waals surface area contributed by atoms with E-state index in [1.165, 1.54) is 0 Å². The van der Waals surface area contributed by atoms with Crippen LogP contribution < -0.4 is 5.32 Å². The van der Waals surface area contributed by atoms with Crippen molar-refractivity contribution in [3.8, 4) is 5.69 Å². The van der Waals surface area contributed by atoms with Crippen LogP contribution >= 0.6 is 0 Å². The molecule has 2 aromatic rings. The molecule has 1 heterocycles. The summed E-state index contributed by atoms with van der Waals surface area (Å²) < 4.78 is 7.21. The molecule has 6 heteroatoms. The van der Waals surface area contributed by atoms with Crippen molar-refractivity contribution >= 4 is 5.69 Å². The van der Waals surface area contributed by atoms with Crippen LogP contribution in [0.15, 0.2) is 30.6 Å². The van der Waals surface area contributed by atoms with Crippen LogP contribution in [0.25, 0.3) is 5.69 Å². The van der Waals surface area contributed by atoms with Crippen molar-refractivity contribution < 1.29 is 4.74 Å². The summed E-state index contributed by atoms with van der Waals surface area (Å²) in [5.74, 6) is 0. The largest absolute Gasteiger partial charge is 0.382 e. The van der Waals surface area contributed by atoms with Crippen LogP contribution in [0, 0.1) is 0 Å². The Morgan fingerprint density at radius 2 is 2.32 bits per heavy atom. The highest BCUT2D eigenvalue weighted by Gasteiger charge is 2.29. The van der Waals surface area contributed by atoms with Gasteiger partial charge in [0.1, 0.15) is 6.33 Å². The van der Waals surface area contributed by atoms with E-state index in [-0.39, 0.29) is 0 Å². The molecule has 0 bridgehead atoms. The third-order valence-electron chi connectivity index (χ3n) is 3.33. The van der Waals surface area contributed by atoms with Crippen molar-refractivity contribution in [3.63, 3.8) is 0 Å². The molecule has 1 aliphatic rings. The Hall–Kier alpha value is -1.95. The predicted octanol–water partition coefficient (Wildman–Crippen LogP) is 1.64. The Morgan fingerprint density at radius 3 is 3.05 bits per heavy atom. The van der Waals surface area contributed by atoms with Crippen molar-refractivity contribution in [2.24, 2.45) is 0 Å². The third-order valence-corrected chi connectivity index (χ3v) is 3.33. The predicted molar refractivity (Wildman–Crippen MR) is 71.2 cm³/mol. The summed E-state index contributed by atoms with van der Waals surface area (Å²) in [6.07, 6.45) is 4.16. The molecular formula is C13H17N5O. The minimum atomic E-state index is 0.421. The first-order valence-corrected chi connectivity index (χ1v) is 6.56. The van der Waals surface area contributed by atoms with Crippen LogP contribution in [-0.2, 0) is 4.74 Å². The molecule has 1 N–H and O–H groups in total. The first kappa shape index (κ1) is 12.1. The van der Waals surface area contributed by atoms with Crippen LogP contribution in [0.5, 0.6) is 0 Å². The Bertz CT molecular complexity index is 522. The lowest BCUT2D eigenvalue weighted by atomic mass is 9.89. The lowest BCUT2D eigenvalue weighted by Gasteiger charge is -2.36. The van der Waals surface area contributed by atoms with Crippen molar-refractivity contribution in [1.82, 2.24) is 20.2 Å². The fraction of sp³-hybridized carbons (Fsp3) is 0.462. The molecule has 19 heavy (non-hydrogen) atoms. The Balaban J connectivity index is 1.62. The molecule has 1 aromatic heterocycles. The number of ether oxygens (including phenoxy) is 1. The van der Waals surface area contributed by atoms with Crippen molar-refractivity contribution in [2.45, 2.75) is 31.9 Å². The normalized spacial score (nSPS) is 21.9. The summed E-state index contributed by atoms with van der Waals surface area (Å²) in [5, 5.41) is 14.7. The number of hydrogen-bond donors (Lipinski definition) is 1. The second-order valence-corrected chi connectivity index (χ2v) is 4.69. The summed E-state index contributed by atoms with van der Waals surface area (Å²) in [4.78, 5) is 0. The number of benzene rings is 1. The van der Waals surface area contributed by atoms with E-state index in [1.807, 2.05) is 25.1 Å². The third kappa shape index (κ3) is 2.73. The molecule has 0 atom stereocenters. The van der Waals surface area contributed by atoms with E-state index in [4.69, 9.17) is 4.74 Å². The van der Waals surface area contributed by atoms with Gasteiger partial charge in [0.25, 0.3) is 0 Å². The minimum Gasteiger partial charge on any atom is -0.382 e. The zero-order chi connectivity index (χ0) is 13.1. The highest BCUT2D eigenvalue weighted by molar-refractivity contribution is 5.51. The number of nitrogens with one attached hydrogen (secondary N) is 1. The monoisotopic (exact) mass is 259 g/mol. The molecule has 0 aliphatic heterocycles. The summed E-state index contributed by atoms with van der Waals surface area (Å²) in [6, 6.07) is 8.58. The van der Waals surface area contributed by atoms with Crippen LogP contribution in [0.3, 0.4) is 0 Å². The van der Waals surface area contributed by atoms with E-state index in [0.717, 1.165) is 30.8 Å². The van der Waals surface area contributed by atoms with Gasteiger partial charge in [-0.25, -0.2) is 4.68 Å². The minimum absolute atomic E-state index is 0.421. The molecule has 3 rings (SSSR count). The van der Waals surface area contributed by atoms with Gasteiger partial charge in [-0.15, -0.1) is 5.10 Å². The van der Waals surface area contributed by atoms with Gasteiger partial charge in [0.2, 0.25) is 0 Å². The van der Waals surface area contributed by atoms with E-state index < -0.39 is 0 Å². The van der Waals surface area contributed by atoms with E-state index in [0.29, 0.717) is 12.1 Å². The molecule has 6 nitrogen and oxygen atoms in total. The van der Waals surface area contributed by atoms with E-state index in [2.05, 4.69) is 26.9 Å². The summed E-state index contributed by atoms with van der Waals surface area (Å²) in [7, 11) is 0. The van der Waals surface area contributed by atoms with Crippen molar-refractivity contribution in [2.75, 3.05) is 11.9 Å². The fourth-order valence-corrected chi connectivity index (χ4v) is 2.31. The molecule has 1 fully saturated rings. The second kappa shape index (κ2) is 5.36. The topological polar surface area (TPSA) is 64.9 Å². The van der Waals surface area contributed by atoms with Crippen LogP contribution in [0.1, 0.15) is 19.8 Å². The number of rotatable bonds is 5. The molecule has 0 spiro atoms. The first-order chi connectivity index (χ1) is 9.35. The maximum atomic E-state index is 5.56. The molecule has 0 amide bonds. The van der Waals surface area contributed by atoms with Crippen molar-refractivity contribution in [1.29, 1.82) is 0 Å². The highest BCUT2D eigenvalue weighted by Crippen LogP contribution is 2.27. The molecule has 0 radical (unpaired) electrons. The van der Waals surface area contributed by atoms with Gasteiger partial charge in [-0.2, -0.15) is 0 Å². The second-order valence-electron chi connectivity index (χ2n) is 4.69. The summed E-state index contributed by atoms with van der Waals surface area (Å²) >= 11 is 0. The molecule has 1 aliphatic carbocycles. The fourth-order valence-electron chi connectivity index (χ4n) is 2.31. The Kier molecular flexibility index (Phi) is 3.41. The van der Waals surface area contributed by atoms with Crippen LogP contribution in [-0.4, -0.2) is 39.0 Å². The van der Waals surface area contributed by atoms with E-state index in [9.17, 15) is 0 Å². The number of anilines is 1. The van der Waals surface area contributed by atoms with Gasteiger partial charge >= 0.3 is 0 Å². The standard InChI is InChI=1S/C13H17N5O/c1-2-19-13-7-11(8-13)15-10-4-3-5-12(6-10)18-9-14-16-17-18/h3-6,9,11,13,15H,2,7-8H2,1H3. The quantitative estimate of drug-likeness (QED) is 0.884. The van der Waals surface area contributed by atoms with Gasteiger partial charge in [-0.3, -0.25) is 0 Å². The van der Waals surface area contributed by atoms with Gasteiger partial charge in [0.05, 0.1) is 11.8 Å². The number of hydrogen-bond acceptors (Lipinski definition) is 5. The smallest absolute Gasteiger partial charge is 0.143 e. The molecule has 1 saturated carbocycles. The van der Waals surface area contributed by atoms with E-state index in [1.54, 1.807) is 11.0 Å².